The van der Waals surface area contributed by atoms with Gasteiger partial charge in [-0.25, -0.2) is 9.59 Å². The molecule has 170 valence electrons. The minimum Gasteiger partial charge on any atom is -0.462 e. The number of fused-ring (bicyclic) bond motifs is 10. The van der Waals surface area contributed by atoms with Gasteiger partial charge in [0, 0.05) is 17.8 Å². The Morgan fingerprint density at radius 2 is 1.30 bits per heavy atom. The molecule has 2 aliphatic rings. The maximum absolute atomic E-state index is 13.2. The van der Waals surface area contributed by atoms with Crippen LogP contribution in [0.25, 0.3) is 0 Å². The molecule has 0 N–H and O–H groups in total. The zero-order valence-electron chi connectivity index (χ0n) is 18.5. The largest absolute Gasteiger partial charge is 0.462 e. The molecule has 0 saturated carbocycles. The van der Waals surface area contributed by atoms with Gasteiger partial charge < -0.3 is 14.0 Å². The summed E-state index contributed by atoms with van der Waals surface area (Å²) in [7, 11) is 0. The Labute approximate surface area is 192 Å². The van der Waals surface area contributed by atoms with Gasteiger partial charge in [0.15, 0.2) is 0 Å². The number of carbonyl (C=O) groups is 2. The molecule has 0 amide bonds. The minimum atomic E-state index is -0.565. The number of benzene rings is 2. The molecule has 0 aliphatic carbocycles. The molecule has 33 heavy (non-hydrogen) atoms. The van der Waals surface area contributed by atoms with Gasteiger partial charge >= 0.3 is 11.9 Å². The molecule has 2 aliphatic heterocycles. The third kappa shape index (κ3) is 5.58. The van der Waals surface area contributed by atoms with Crippen LogP contribution in [0.15, 0.2) is 71.5 Å². The number of nitrogens with zero attached hydrogens (tertiary/aromatic N) is 1. The highest BCUT2D eigenvalue weighted by molar-refractivity contribution is 6.03. The predicted molar refractivity (Wildman–Crippen MR) is 124 cm³/mol. The zero-order valence-corrected chi connectivity index (χ0v) is 18.5. The van der Waals surface area contributed by atoms with Crippen molar-refractivity contribution in [2.24, 2.45) is 0 Å². The lowest BCUT2D eigenvalue weighted by Crippen LogP contribution is -2.28. The summed E-state index contributed by atoms with van der Waals surface area (Å²) in [4.78, 5) is 38.3. The average Bonchev–Trinajstić information content (AvgIpc) is 2.84. The highest BCUT2D eigenvalue weighted by Crippen LogP contribution is 2.14. The number of aryl methyl sites for hydroxylation is 3. The SMILES string of the molecule is O=C1OCCCc2ccc(n(CCc3ccccc3)c2=O)CCCOC(=O)c2ccccc21. The molecule has 0 saturated heterocycles. The fourth-order valence-corrected chi connectivity index (χ4v) is 4.04. The second-order valence-corrected chi connectivity index (χ2v) is 8.07. The zero-order chi connectivity index (χ0) is 23.0. The summed E-state index contributed by atoms with van der Waals surface area (Å²) in [6.45, 7) is 0.929. The van der Waals surface area contributed by atoms with Crippen molar-refractivity contribution in [3.05, 3.63) is 105 Å². The molecule has 0 spiro atoms. The van der Waals surface area contributed by atoms with E-state index in [9.17, 15) is 14.4 Å². The highest BCUT2D eigenvalue weighted by Gasteiger charge is 2.19. The van der Waals surface area contributed by atoms with E-state index in [0.717, 1.165) is 12.1 Å². The van der Waals surface area contributed by atoms with E-state index >= 15 is 0 Å². The van der Waals surface area contributed by atoms with E-state index in [1.54, 1.807) is 24.3 Å². The van der Waals surface area contributed by atoms with Crippen molar-refractivity contribution >= 4 is 11.9 Å². The van der Waals surface area contributed by atoms with Crippen molar-refractivity contribution in [2.75, 3.05) is 13.2 Å². The van der Waals surface area contributed by atoms with E-state index < -0.39 is 11.9 Å². The number of ether oxygens (including phenoxy) is 2. The quantitative estimate of drug-likeness (QED) is 0.570. The Bertz CT molecular complexity index is 1180. The number of hydrogen-bond donors (Lipinski definition) is 0. The lowest BCUT2D eigenvalue weighted by molar-refractivity contribution is 0.0452. The van der Waals surface area contributed by atoms with E-state index in [1.165, 1.54) is 5.56 Å². The van der Waals surface area contributed by atoms with Crippen LogP contribution in [0.4, 0.5) is 0 Å². The van der Waals surface area contributed by atoms with Gasteiger partial charge in [0.1, 0.15) is 0 Å². The summed E-state index contributed by atoms with van der Waals surface area (Å²) >= 11 is 0. The molecule has 0 fully saturated rings. The topological polar surface area (TPSA) is 74.6 Å². The molecular formula is C27H27NO5. The van der Waals surface area contributed by atoms with Crippen LogP contribution in [-0.4, -0.2) is 29.7 Å². The molecule has 0 atom stereocenters. The molecule has 2 aromatic carbocycles. The number of carbonyl (C=O) groups excluding carboxylic acids is 2. The molecule has 5 rings (SSSR count). The van der Waals surface area contributed by atoms with Gasteiger partial charge in [0.2, 0.25) is 0 Å². The van der Waals surface area contributed by atoms with E-state index in [2.05, 4.69) is 12.1 Å². The summed E-state index contributed by atoms with van der Waals surface area (Å²) in [5.74, 6) is -1.11. The normalized spacial score (nSPS) is 14.9. The van der Waals surface area contributed by atoms with Crippen molar-refractivity contribution < 1.29 is 19.1 Å². The van der Waals surface area contributed by atoms with Crippen LogP contribution in [0.1, 0.15) is 50.4 Å². The van der Waals surface area contributed by atoms with Crippen LogP contribution in [0.2, 0.25) is 0 Å². The van der Waals surface area contributed by atoms with Gasteiger partial charge in [-0.1, -0.05) is 48.5 Å². The number of rotatable bonds is 3. The number of pyridine rings is 1. The van der Waals surface area contributed by atoms with Crippen molar-refractivity contribution in [2.45, 2.75) is 38.6 Å². The molecule has 1 aromatic heterocycles. The molecule has 3 heterocycles. The first-order valence-corrected chi connectivity index (χ1v) is 11.3. The fourth-order valence-electron chi connectivity index (χ4n) is 4.04. The summed E-state index contributed by atoms with van der Waals surface area (Å²) in [5, 5.41) is 0. The molecule has 6 heteroatoms. The van der Waals surface area contributed by atoms with Gasteiger partial charge in [-0.2, -0.15) is 0 Å². The Kier molecular flexibility index (Phi) is 7.35. The van der Waals surface area contributed by atoms with Crippen LogP contribution >= 0.6 is 0 Å². The molecule has 2 bridgehead atoms. The highest BCUT2D eigenvalue weighted by atomic mass is 16.5. The number of esters is 2. The number of aromatic nitrogens is 1. The van der Waals surface area contributed by atoms with E-state index in [1.807, 2.05) is 34.9 Å². The number of hydrogen-bond acceptors (Lipinski definition) is 5. The Morgan fingerprint density at radius 3 is 1.97 bits per heavy atom. The average molecular weight is 446 g/mol. The van der Waals surface area contributed by atoms with Crippen molar-refractivity contribution in [1.82, 2.24) is 4.57 Å². The van der Waals surface area contributed by atoms with Crippen LogP contribution < -0.4 is 5.56 Å². The minimum absolute atomic E-state index is 0.0100. The first-order valence-electron chi connectivity index (χ1n) is 11.3. The van der Waals surface area contributed by atoms with Gasteiger partial charge in [-0.3, -0.25) is 4.79 Å². The van der Waals surface area contributed by atoms with Gasteiger partial charge in [0.25, 0.3) is 5.56 Å². The summed E-state index contributed by atoms with van der Waals surface area (Å²) in [6, 6.07) is 20.4. The summed E-state index contributed by atoms with van der Waals surface area (Å²) in [5.41, 5.74) is 3.20. The molecule has 0 unspecified atom stereocenters. The van der Waals surface area contributed by atoms with Crippen LogP contribution in [0, 0.1) is 0 Å². The fraction of sp³-hybridized carbons (Fsp3) is 0.296. The van der Waals surface area contributed by atoms with Crippen LogP contribution in [0.5, 0.6) is 0 Å². The second kappa shape index (κ2) is 10.8. The maximum Gasteiger partial charge on any atom is 0.339 e. The molecule has 0 radical (unpaired) electrons. The van der Waals surface area contributed by atoms with Crippen molar-refractivity contribution in [3.8, 4) is 0 Å². The standard InChI is InChI=1S/C27H27NO5/c29-25-21-10-6-18-32-26(30)23-12-4-5-13-24(23)27(31)33-19-7-11-22(15-14-21)28(25)17-16-20-8-2-1-3-9-20/h1-5,8-9,12-15H,6-7,10-11,16-19H2. The first kappa shape index (κ1) is 22.5. The van der Waals surface area contributed by atoms with Gasteiger partial charge in [-0.05, 0) is 55.9 Å². The van der Waals surface area contributed by atoms with E-state index in [0.29, 0.717) is 37.8 Å². The second-order valence-electron chi connectivity index (χ2n) is 8.07. The van der Waals surface area contributed by atoms with E-state index in [4.69, 9.17) is 9.47 Å². The van der Waals surface area contributed by atoms with Gasteiger partial charge in [-0.15, -0.1) is 0 Å². The van der Waals surface area contributed by atoms with E-state index in [-0.39, 0.29) is 29.9 Å². The van der Waals surface area contributed by atoms with Gasteiger partial charge in [0.05, 0.1) is 24.3 Å². The van der Waals surface area contributed by atoms with Crippen LogP contribution in [0.3, 0.4) is 0 Å². The maximum atomic E-state index is 13.2. The third-order valence-electron chi connectivity index (χ3n) is 5.81. The molecular weight excluding hydrogens is 418 g/mol. The first-order chi connectivity index (χ1) is 16.1. The van der Waals surface area contributed by atoms with Crippen molar-refractivity contribution in [1.29, 1.82) is 0 Å². The lowest BCUT2D eigenvalue weighted by atomic mass is 10.1. The van der Waals surface area contributed by atoms with Crippen LogP contribution in [-0.2, 0) is 35.3 Å². The lowest BCUT2D eigenvalue weighted by Gasteiger charge is -2.16. The summed E-state index contributed by atoms with van der Waals surface area (Å²) < 4.78 is 12.6. The molecule has 6 nitrogen and oxygen atoms in total. The Morgan fingerprint density at radius 1 is 0.697 bits per heavy atom. The Balaban J connectivity index is 1.56. The molecule has 3 aromatic rings. The predicted octanol–water partition coefficient (Wildman–Crippen LogP) is 3.98. The Hall–Kier alpha value is -3.67. The third-order valence-corrected chi connectivity index (χ3v) is 5.81. The summed E-state index contributed by atoms with van der Waals surface area (Å²) in [6.07, 6.45) is 2.97. The monoisotopic (exact) mass is 445 g/mol. The van der Waals surface area contributed by atoms with Crippen molar-refractivity contribution in [3.63, 3.8) is 0 Å². The smallest absolute Gasteiger partial charge is 0.339 e.